The summed E-state index contributed by atoms with van der Waals surface area (Å²) in [5, 5.41) is 5.79. The molecule has 3 saturated heterocycles. The molecule has 4 aliphatic rings. The van der Waals surface area contributed by atoms with Crippen LogP contribution in [0.5, 0.6) is 0 Å². The number of imide groups is 1. The van der Waals surface area contributed by atoms with Gasteiger partial charge >= 0.3 is 0 Å². The van der Waals surface area contributed by atoms with E-state index in [0.717, 1.165) is 37.4 Å². The first-order valence-corrected chi connectivity index (χ1v) is 9.28. The van der Waals surface area contributed by atoms with Crippen LogP contribution in [0.15, 0.2) is 18.2 Å². The molecule has 3 fully saturated rings. The Morgan fingerprint density at radius 1 is 1.15 bits per heavy atom. The van der Waals surface area contributed by atoms with Gasteiger partial charge in [0.25, 0.3) is 5.91 Å². The summed E-state index contributed by atoms with van der Waals surface area (Å²) in [4.78, 5) is 40.2. The van der Waals surface area contributed by atoms with Gasteiger partial charge in [0.05, 0.1) is 0 Å². The number of anilines is 1. The lowest BCUT2D eigenvalue weighted by atomic mass is 9.78. The van der Waals surface area contributed by atoms with Crippen molar-refractivity contribution in [3.05, 3.63) is 29.3 Å². The van der Waals surface area contributed by atoms with E-state index < -0.39 is 6.04 Å². The minimum atomic E-state index is -0.548. The molecule has 7 nitrogen and oxygen atoms in total. The molecule has 0 aliphatic carbocycles. The molecule has 0 radical (unpaired) electrons. The van der Waals surface area contributed by atoms with Crippen LogP contribution in [0.3, 0.4) is 0 Å². The molecule has 3 amide bonds. The van der Waals surface area contributed by atoms with Crippen LogP contribution < -0.4 is 15.5 Å². The summed E-state index contributed by atoms with van der Waals surface area (Å²) in [5.74, 6) is -0.729. The van der Waals surface area contributed by atoms with Crippen molar-refractivity contribution in [3.63, 3.8) is 0 Å². The Morgan fingerprint density at radius 2 is 2.00 bits per heavy atom. The molecule has 2 N–H and O–H groups in total. The van der Waals surface area contributed by atoms with Gasteiger partial charge in [-0.3, -0.25) is 19.7 Å². The van der Waals surface area contributed by atoms with Gasteiger partial charge in [0.2, 0.25) is 11.8 Å². The second-order valence-corrected chi connectivity index (χ2v) is 8.02. The number of nitrogens with one attached hydrogen (secondary N) is 2. The summed E-state index contributed by atoms with van der Waals surface area (Å²) >= 11 is 0. The van der Waals surface area contributed by atoms with Gasteiger partial charge < -0.3 is 15.1 Å². The molecular formula is C19H22N4O3. The highest BCUT2D eigenvalue weighted by molar-refractivity contribution is 6.05. The lowest BCUT2D eigenvalue weighted by molar-refractivity contribution is -0.136. The first-order valence-electron chi connectivity index (χ1n) is 9.28. The van der Waals surface area contributed by atoms with Gasteiger partial charge in [-0.05, 0) is 43.1 Å². The molecule has 26 heavy (non-hydrogen) atoms. The summed E-state index contributed by atoms with van der Waals surface area (Å²) in [6.45, 7) is 4.76. The largest absolute Gasteiger partial charge is 0.370 e. The van der Waals surface area contributed by atoms with Crippen molar-refractivity contribution in [2.75, 3.05) is 31.1 Å². The Kier molecular flexibility index (Phi) is 3.37. The molecule has 0 saturated carbocycles. The fourth-order valence-corrected chi connectivity index (χ4v) is 4.77. The highest BCUT2D eigenvalue weighted by Crippen LogP contribution is 2.40. The summed E-state index contributed by atoms with van der Waals surface area (Å²) in [7, 11) is 0. The fraction of sp³-hybridized carbons (Fsp3) is 0.526. The van der Waals surface area contributed by atoms with Crippen LogP contribution in [-0.4, -0.2) is 54.8 Å². The number of piperidine rings is 1. The third-order valence-corrected chi connectivity index (χ3v) is 6.26. The summed E-state index contributed by atoms with van der Waals surface area (Å²) in [5.41, 5.74) is 3.23. The minimum absolute atomic E-state index is 0.110. The Hall–Kier alpha value is -2.41. The normalized spacial score (nSPS) is 26.9. The van der Waals surface area contributed by atoms with Gasteiger partial charge in [-0.2, -0.15) is 0 Å². The van der Waals surface area contributed by atoms with Crippen LogP contribution in [0.4, 0.5) is 5.69 Å². The number of benzene rings is 1. The number of carbonyl (C=O) groups is 3. The monoisotopic (exact) mass is 354 g/mol. The molecule has 0 bridgehead atoms. The van der Waals surface area contributed by atoms with Crippen molar-refractivity contribution in [1.82, 2.24) is 15.5 Å². The van der Waals surface area contributed by atoms with E-state index in [2.05, 4.69) is 21.6 Å². The van der Waals surface area contributed by atoms with Crippen molar-refractivity contribution >= 4 is 23.4 Å². The molecule has 1 aromatic rings. The van der Waals surface area contributed by atoms with Gasteiger partial charge in [-0.25, -0.2) is 0 Å². The summed E-state index contributed by atoms with van der Waals surface area (Å²) in [6.07, 6.45) is 1.92. The van der Waals surface area contributed by atoms with Crippen molar-refractivity contribution in [1.29, 1.82) is 0 Å². The third kappa shape index (κ3) is 2.34. The average molecular weight is 354 g/mol. The Balaban J connectivity index is 1.33. The Labute approximate surface area is 151 Å². The van der Waals surface area contributed by atoms with Gasteiger partial charge in [0.15, 0.2) is 0 Å². The molecule has 0 aromatic heterocycles. The highest BCUT2D eigenvalue weighted by Gasteiger charge is 2.45. The van der Waals surface area contributed by atoms with Crippen molar-refractivity contribution < 1.29 is 14.4 Å². The molecule has 1 aromatic carbocycles. The number of carbonyl (C=O) groups excluding carboxylic acids is 3. The average Bonchev–Trinajstić information content (AvgIpc) is 3.19. The maximum absolute atomic E-state index is 12.7. The first kappa shape index (κ1) is 15.8. The molecule has 1 unspecified atom stereocenters. The number of nitrogens with zero attached hydrogens (tertiary/aromatic N) is 2. The standard InChI is InChI=1S/C19H22N4O3/c24-16-4-3-15(17(25)21-16)23-8-12-7-13(1-2-14(12)18(23)26)22-10-19(11-22)5-6-20-9-19/h1-2,7,15,20H,3-6,8-11H2,(H,21,24,25). The van der Waals surface area contributed by atoms with Crippen LogP contribution in [0.2, 0.25) is 0 Å². The predicted octanol–water partition coefficient (Wildman–Crippen LogP) is 0.247. The molecule has 4 heterocycles. The molecule has 5 rings (SSSR count). The predicted molar refractivity (Wildman–Crippen MR) is 94.6 cm³/mol. The molecule has 4 aliphatic heterocycles. The number of hydrogen-bond acceptors (Lipinski definition) is 5. The van der Waals surface area contributed by atoms with Crippen LogP contribution in [0, 0.1) is 5.41 Å². The van der Waals surface area contributed by atoms with Crippen molar-refractivity contribution in [2.24, 2.45) is 5.41 Å². The van der Waals surface area contributed by atoms with Gasteiger partial charge in [-0.15, -0.1) is 0 Å². The summed E-state index contributed by atoms with van der Waals surface area (Å²) in [6, 6.07) is 5.44. The van der Waals surface area contributed by atoms with Gasteiger partial charge in [0.1, 0.15) is 6.04 Å². The topological polar surface area (TPSA) is 81.8 Å². The number of rotatable bonds is 2. The SMILES string of the molecule is O=C1CCC(N2Cc3cc(N4CC5(CCNC5)C4)ccc3C2=O)C(=O)N1. The van der Waals surface area contributed by atoms with Crippen molar-refractivity contribution in [2.45, 2.75) is 31.8 Å². The lowest BCUT2D eigenvalue weighted by Gasteiger charge is -2.49. The Bertz CT molecular complexity index is 807. The maximum atomic E-state index is 12.7. The van der Waals surface area contributed by atoms with E-state index in [-0.39, 0.29) is 24.1 Å². The van der Waals surface area contributed by atoms with E-state index in [9.17, 15) is 14.4 Å². The van der Waals surface area contributed by atoms with E-state index in [1.807, 2.05) is 12.1 Å². The van der Waals surface area contributed by atoms with Crippen LogP contribution in [-0.2, 0) is 16.1 Å². The van der Waals surface area contributed by atoms with E-state index in [0.29, 0.717) is 23.9 Å². The zero-order chi connectivity index (χ0) is 17.9. The summed E-state index contributed by atoms with van der Waals surface area (Å²) < 4.78 is 0. The van der Waals surface area contributed by atoms with E-state index in [1.165, 1.54) is 6.42 Å². The second-order valence-electron chi connectivity index (χ2n) is 8.02. The zero-order valence-electron chi connectivity index (χ0n) is 14.6. The minimum Gasteiger partial charge on any atom is -0.370 e. The molecule has 1 atom stereocenters. The molecule has 7 heteroatoms. The Morgan fingerprint density at radius 3 is 2.73 bits per heavy atom. The maximum Gasteiger partial charge on any atom is 0.255 e. The van der Waals surface area contributed by atoms with Gasteiger partial charge in [-0.1, -0.05) is 0 Å². The third-order valence-electron chi connectivity index (χ3n) is 6.26. The highest BCUT2D eigenvalue weighted by atomic mass is 16.2. The number of amides is 3. The van der Waals surface area contributed by atoms with Gasteiger partial charge in [0, 0.05) is 49.3 Å². The van der Waals surface area contributed by atoms with E-state index in [1.54, 1.807) is 4.90 Å². The first-order chi connectivity index (χ1) is 12.5. The second kappa shape index (κ2) is 5.54. The molecule has 136 valence electrons. The van der Waals surface area contributed by atoms with Crippen molar-refractivity contribution in [3.8, 4) is 0 Å². The smallest absolute Gasteiger partial charge is 0.255 e. The zero-order valence-corrected chi connectivity index (χ0v) is 14.6. The van der Waals surface area contributed by atoms with Crippen LogP contribution >= 0.6 is 0 Å². The van der Waals surface area contributed by atoms with E-state index >= 15 is 0 Å². The van der Waals surface area contributed by atoms with Crippen LogP contribution in [0.25, 0.3) is 0 Å². The van der Waals surface area contributed by atoms with Crippen LogP contribution in [0.1, 0.15) is 35.2 Å². The molecule has 1 spiro atoms. The fourth-order valence-electron chi connectivity index (χ4n) is 4.77. The molecular weight excluding hydrogens is 332 g/mol. The number of hydrogen-bond donors (Lipinski definition) is 2. The lowest BCUT2D eigenvalue weighted by Crippen LogP contribution is -2.57. The number of fused-ring (bicyclic) bond motifs is 1. The quantitative estimate of drug-likeness (QED) is 0.744. The van der Waals surface area contributed by atoms with E-state index in [4.69, 9.17) is 0 Å².